The largest absolute Gasteiger partial charge is 0.493 e. The lowest BCUT2D eigenvalue weighted by Crippen LogP contribution is -2.18. The molecule has 0 atom stereocenters. The molecule has 3 rings (SSSR count). The molecule has 1 aliphatic carbocycles. The number of aliphatic imine (C=N–C) groups is 1. The maximum absolute atomic E-state index is 5.69. The first-order valence-electron chi connectivity index (χ1n) is 8.15. The van der Waals surface area contributed by atoms with Gasteiger partial charge in [-0.05, 0) is 43.7 Å². The quantitative estimate of drug-likeness (QED) is 0.824. The Bertz CT molecular complexity index is 549. The van der Waals surface area contributed by atoms with Crippen LogP contribution < -0.4 is 9.47 Å². The van der Waals surface area contributed by atoms with Crippen LogP contribution in [0.5, 0.6) is 11.5 Å². The van der Waals surface area contributed by atoms with Crippen molar-refractivity contribution >= 4 is 5.71 Å². The molecule has 0 unspecified atom stereocenters. The zero-order chi connectivity index (χ0) is 14.7. The van der Waals surface area contributed by atoms with Crippen LogP contribution in [0.25, 0.3) is 0 Å². The number of methoxy groups -OCH3 is 2. The van der Waals surface area contributed by atoms with Crippen LogP contribution in [-0.2, 0) is 12.8 Å². The summed E-state index contributed by atoms with van der Waals surface area (Å²) in [6.45, 7) is 0.914. The Kier molecular flexibility index (Phi) is 4.47. The first-order chi connectivity index (χ1) is 10.3. The summed E-state index contributed by atoms with van der Waals surface area (Å²) in [7, 11) is 3.48. The van der Waals surface area contributed by atoms with E-state index in [9.17, 15) is 0 Å². The number of hydrogen-bond acceptors (Lipinski definition) is 3. The molecule has 21 heavy (non-hydrogen) atoms. The molecule has 114 valence electrons. The highest BCUT2D eigenvalue weighted by Gasteiger charge is 2.24. The third kappa shape index (κ3) is 2.78. The fraction of sp³-hybridized carbons (Fsp3) is 0.611. The van der Waals surface area contributed by atoms with Crippen LogP contribution >= 0.6 is 0 Å². The summed E-state index contributed by atoms with van der Waals surface area (Å²) in [6.07, 6.45) is 9.65. The molecule has 0 saturated heterocycles. The molecule has 1 aromatic carbocycles. The molecule has 0 radical (unpaired) electrons. The Hall–Kier alpha value is -1.51. The lowest BCUT2D eigenvalue weighted by Gasteiger charge is -2.25. The second-order valence-electron chi connectivity index (χ2n) is 5.97. The van der Waals surface area contributed by atoms with Gasteiger partial charge >= 0.3 is 0 Å². The van der Waals surface area contributed by atoms with Crippen LogP contribution in [0.4, 0.5) is 0 Å². The van der Waals surface area contributed by atoms with Crippen molar-refractivity contribution in [3.05, 3.63) is 22.8 Å². The topological polar surface area (TPSA) is 30.8 Å². The lowest BCUT2D eigenvalue weighted by atomic mass is 9.86. The summed E-state index contributed by atoms with van der Waals surface area (Å²) in [6, 6.07) is 2.16. The van der Waals surface area contributed by atoms with Crippen LogP contribution in [0.2, 0.25) is 0 Å². The highest BCUT2D eigenvalue weighted by atomic mass is 16.5. The van der Waals surface area contributed by atoms with Gasteiger partial charge in [0.25, 0.3) is 0 Å². The van der Waals surface area contributed by atoms with E-state index in [1.807, 2.05) is 0 Å². The molecule has 3 nitrogen and oxygen atoms in total. The van der Waals surface area contributed by atoms with E-state index in [1.165, 1.54) is 54.5 Å². The standard InChI is InChI=1S/C18H25NO2/c1-20-16-12-13-10-11-19-15-9-7-5-3-4-6-8-14(17(13)15)18(16)21-2/h12H,3-11H2,1-2H3. The minimum Gasteiger partial charge on any atom is -0.493 e. The highest BCUT2D eigenvalue weighted by molar-refractivity contribution is 6.04. The molecule has 1 heterocycles. The average molecular weight is 287 g/mol. The van der Waals surface area contributed by atoms with Crippen molar-refractivity contribution < 1.29 is 9.47 Å². The zero-order valence-electron chi connectivity index (χ0n) is 13.2. The summed E-state index contributed by atoms with van der Waals surface area (Å²) in [4.78, 5) is 4.83. The summed E-state index contributed by atoms with van der Waals surface area (Å²) in [5, 5.41) is 0. The van der Waals surface area contributed by atoms with Crippen molar-refractivity contribution in [2.24, 2.45) is 4.99 Å². The second kappa shape index (κ2) is 6.50. The predicted octanol–water partition coefficient (Wildman–Crippen LogP) is 3.95. The molecule has 0 spiro atoms. The Balaban J connectivity index is 2.15. The Morgan fingerprint density at radius 1 is 0.905 bits per heavy atom. The van der Waals surface area contributed by atoms with Gasteiger partial charge in [0.05, 0.1) is 14.2 Å². The van der Waals surface area contributed by atoms with Crippen molar-refractivity contribution in [1.29, 1.82) is 0 Å². The van der Waals surface area contributed by atoms with Crippen molar-refractivity contribution in [3.8, 4) is 11.5 Å². The molecular formula is C18H25NO2. The third-order valence-electron chi connectivity index (χ3n) is 4.66. The van der Waals surface area contributed by atoms with E-state index in [0.29, 0.717) is 0 Å². The van der Waals surface area contributed by atoms with Gasteiger partial charge in [0.2, 0.25) is 0 Å². The molecule has 0 bridgehead atoms. The maximum Gasteiger partial charge on any atom is 0.164 e. The van der Waals surface area contributed by atoms with Gasteiger partial charge in [-0.3, -0.25) is 4.99 Å². The lowest BCUT2D eigenvalue weighted by molar-refractivity contribution is 0.350. The summed E-state index contributed by atoms with van der Waals surface area (Å²) in [5.41, 5.74) is 5.40. The molecule has 1 aromatic rings. The highest BCUT2D eigenvalue weighted by Crippen LogP contribution is 2.39. The summed E-state index contributed by atoms with van der Waals surface area (Å²) < 4.78 is 11.3. The number of hydrogen-bond donors (Lipinski definition) is 0. The molecule has 0 fully saturated rings. The van der Waals surface area contributed by atoms with E-state index < -0.39 is 0 Å². The van der Waals surface area contributed by atoms with Gasteiger partial charge in [-0.2, -0.15) is 0 Å². The van der Waals surface area contributed by atoms with Crippen LogP contribution in [0.15, 0.2) is 11.1 Å². The maximum atomic E-state index is 5.69. The van der Waals surface area contributed by atoms with Crippen LogP contribution in [0.1, 0.15) is 55.2 Å². The minimum absolute atomic E-state index is 0.879. The number of nitrogens with zero attached hydrogens (tertiary/aromatic N) is 1. The molecular weight excluding hydrogens is 262 g/mol. The van der Waals surface area contributed by atoms with E-state index in [2.05, 4.69) is 6.07 Å². The Morgan fingerprint density at radius 2 is 1.67 bits per heavy atom. The molecule has 3 heteroatoms. The van der Waals surface area contributed by atoms with E-state index >= 15 is 0 Å². The van der Waals surface area contributed by atoms with E-state index in [4.69, 9.17) is 14.5 Å². The zero-order valence-corrected chi connectivity index (χ0v) is 13.2. The predicted molar refractivity (Wildman–Crippen MR) is 86.1 cm³/mol. The van der Waals surface area contributed by atoms with Gasteiger partial charge in [-0.25, -0.2) is 0 Å². The van der Waals surface area contributed by atoms with E-state index in [-0.39, 0.29) is 0 Å². The van der Waals surface area contributed by atoms with E-state index in [1.54, 1.807) is 14.2 Å². The Morgan fingerprint density at radius 3 is 2.43 bits per heavy atom. The molecule has 0 aromatic heterocycles. The van der Waals surface area contributed by atoms with Crippen molar-refractivity contribution in [2.45, 2.75) is 51.4 Å². The van der Waals surface area contributed by atoms with Gasteiger partial charge in [0.1, 0.15) is 0 Å². The van der Waals surface area contributed by atoms with Gasteiger partial charge in [0.15, 0.2) is 11.5 Å². The molecule has 0 saturated carbocycles. The molecule has 2 aliphatic rings. The number of benzene rings is 1. The molecule has 0 N–H and O–H groups in total. The second-order valence-corrected chi connectivity index (χ2v) is 5.97. The minimum atomic E-state index is 0.879. The van der Waals surface area contributed by atoms with Crippen LogP contribution in [0.3, 0.4) is 0 Å². The molecule has 0 amide bonds. The first-order valence-corrected chi connectivity index (χ1v) is 8.15. The number of ether oxygens (including phenoxy) is 2. The van der Waals surface area contributed by atoms with Gasteiger partial charge in [0, 0.05) is 23.4 Å². The van der Waals surface area contributed by atoms with Gasteiger partial charge in [-0.15, -0.1) is 0 Å². The van der Waals surface area contributed by atoms with Crippen molar-refractivity contribution in [2.75, 3.05) is 20.8 Å². The van der Waals surface area contributed by atoms with Crippen molar-refractivity contribution in [3.63, 3.8) is 0 Å². The van der Waals surface area contributed by atoms with Crippen LogP contribution in [-0.4, -0.2) is 26.5 Å². The monoisotopic (exact) mass is 287 g/mol. The first kappa shape index (κ1) is 14.4. The summed E-state index contributed by atoms with van der Waals surface area (Å²) >= 11 is 0. The average Bonchev–Trinajstić information content (AvgIpc) is 2.53. The summed E-state index contributed by atoms with van der Waals surface area (Å²) in [5.74, 6) is 1.80. The van der Waals surface area contributed by atoms with Crippen LogP contribution in [0, 0.1) is 0 Å². The number of rotatable bonds is 2. The fourth-order valence-electron chi connectivity index (χ4n) is 3.64. The SMILES string of the molecule is COc1cc2c3c(c1OC)CCCCCCCC3=NCC2. The fourth-order valence-corrected chi connectivity index (χ4v) is 3.64. The smallest absolute Gasteiger partial charge is 0.164 e. The Labute approximate surface area is 127 Å². The van der Waals surface area contributed by atoms with Gasteiger partial charge in [-0.1, -0.05) is 19.3 Å². The van der Waals surface area contributed by atoms with Gasteiger partial charge < -0.3 is 9.47 Å². The van der Waals surface area contributed by atoms with E-state index in [0.717, 1.165) is 37.3 Å². The third-order valence-corrected chi connectivity index (χ3v) is 4.66. The van der Waals surface area contributed by atoms with Crippen molar-refractivity contribution in [1.82, 2.24) is 0 Å². The molecule has 1 aliphatic heterocycles. The normalized spacial score (nSPS) is 18.5.